The van der Waals surface area contributed by atoms with Gasteiger partial charge in [0, 0.05) is 26.2 Å². The van der Waals surface area contributed by atoms with E-state index in [1.54, 1.807) is 0 Å². The highest BCUT2D eigenvalue weighted by Gasteiger charge is 2.18. The fourth-order valence-electron chi connectivity index (χ4n) is 1.61. The van der Waals surface area contributed by atoms with Gasteiger partial charge in [0.25, 0.3) is 0 Å². The number of nitrogens with zero attached hydrogens (tertiary/aromatic N) is 4. The number of hydrogen-bond acceptors (Lipinski definition) is 5. The normalized spacial score (nSPS) is 18.1. The maximum Gasteiger partial charge on any atom is 0.148 e. The van der Waals surface area contributed by atoms with E-state index in [9.17, 15) is 0 Å². The molecule has 1 aliphatic rings. The second-order valence-electron chi connectivity index (χ2n) is 3.69. The van der Waals surface area contributed by atoms with E-state index in [0.29, 0.717) is 5.82 Å². The summed E-state index contributed by atoms with van der Waals surface area (Å²) in [5.41, 5.74) is 5.72. The van der Waals surface area contributed by atoms with Crippen LogP contribution in [-0.2, 0) is 0 Å². The lowest BCUT2D eigenvalue weighted by molar-refractivity contribution is 0.312. The number of likely N-dealkylation sites (N-methyl/N-ethyl adjacent to an activating group) is 1. The topological polar surface area (TPSA) is 58.3 Å². The summed E-state index contributed by atoms with van der Waals surface area (Å²) >= 11 is 3.43. The Balaban J connectivity index is 2.19. The molecule has 6 heteroatoms. The van der Waals surface area contributed by atoms with E-state index in [1.165, 1.54) is 6.33 Å². The monoisotopic (exact) mass is 271 g/mol. The molecule has 1 saturated heterocycles. The van der Waals surface area contributed by atoms with E-state index in [4.69, 9.17) is 5.73 Å². The van der Waals surface area contributed by atoms with Crippen molar-refractivity contribution in [2.24, 2.45) is 0 Å². The maximum absolute atomic E-state index is 5.72. The van der Waals surface area contributed by atoms with Gasteiger partial charge >= 0.3 is 0 Å². The van der Waals surface area contributed by atoms with E-state index in [1.807, 2.05) is 0 Å². The van der Waals surface area contributed by atoms with E-state index in [2.05, 4.69) is 42.7 Å². The molecule has 15 heavy (non-hydrogen) atoms. The van der Waals surface area contributed by atoms with Crippen molar-refractivity contribution in [3.05, 3.63) is 10.8 Å². The molecule has 0 unspecified atom stereocenters. The first-order valence-corrected chi connectivity index (χ1v) is 5.67. The lowest BCUT2D eigenvalue weighted by atomic mass is 10.3. The van der Waals surface area contributed by atoms with Gasteiger partial charge in [-0.1, -0.05) is 0 Å². The molecule has 0 atom stereocenters. The highest BCUT2D eigenvalue weighted by Crippen LogP contribution is 2.27. The fourth-order valence-corrected chi connectivity index (χ4v) is 2.07. The van der Waals surface area contributed by atoms with Gasteiger partial charge in [0.1, 0.15) is 22.4 Å². The number of nitrogen functional groups attached to an aromatic ring is 1. The third kappa shape index (κ3) is 2.21. The van der Waals surface area contributed by atoms with Crippen molar-refractivity contribution in [1.82, 2.24) is 14.9 Å². The van der Waals surface area contributed by atoms with Gasteiger partial charge in [0.05, 0.1) is 0 Å². The Morgan fingerprint density at radius 3 is 2.60 bits per heavy atom. The largest absolute Gasteiger partial charge is 0.383 e. The number of hydrogen-bond donors (Lipinski definition) is 1. The van der Waals surface area contributed by atoms with Crippen molar-refractivity contribution in [3.8, 4) is 0 Å². The minimum absolute atomic E-state index is 0.499. The lowest BCUT2D eigenvalue weighted by Crippen LogP contribution is -2.45. The standard InChI is InChI=1S/C9H14BrN5/c1-14-2-4-15(5-3-14)9-7(10)8(11)12-6-13-9/h6H,2-5H2,1H3,(H2,11,12,13). The summed E-state index contributed by atoms with van der Waals surface area (Å²) in [6.07, 6.45) is 1.51. The van der Waals surface area contributed by atoms with E-state index < -0.39 is 0 Å². The van der Waals surface area contributed by atoms with Crippen molar-refractivity contribution in [3.63, 3.8) is 0 Å². The van der Waals surface area contributed by atoms with Crippen LogP contribution in [-0.4, -0.2) is 48.1 Å². The number of nitrogens with two attached hydrogens (primary N) is 1. The second-order valence-corrected chi connectivity index (χ2v) is 4.48. The third-order valence-electron chi connectivity index (χ3n) is 2.60. The summed E-state index contributed by atoms with van der Waals surface area (Å²) < 4.78 is 0.801. The van der Waals surface area contributed by atoms with Crippen LogP contribution in [0.1, 0.15) is 0 Å². The Hall–Kier alpha value is -0.880. The van der Waals surface area contributed by atoms with Crippen molar-refractivity contribution in [2.75, 3.05) is 43.9 Å². The van der Waals surface area contributed by atoms with Crippen molar-refractivity contribution in [2.45, 2.75) is 0 Å². The molecule has 0 radical (unpaired) electrons. The SMILES string of the molecule is CN1CCN(c2ncnc(N)c2Br)CC1. The molecule has 82 valence electrons. The van der Waals surface area contributed by atoms with Crippen LogP contribution in [0.25, 0.3) is 0 Å². The highest BCUT2D eigenvalue weighted by atomic mass is 79.9. The van der Waals surface area contributed by atoms with Gasteiger partial charge in [-0.15, -0.1) is 0 Å². The molecule has 5 nitrogen and oxygen atoms in total. The fraction of sp³-hybridized carbons (Fsp3) is 0.556. The average Bonchev–Trinajstić information content (AvgIpc) is 2.24. The van der Waals surface area contributed by atoms with Crippen LogP contribution < -0.4 is 10.6 Å². The van der Waals surface area contributed by atoms with Gasteiger partial charge in [-0.25, -0.2) is 9.97 Å². The summed E-state index contributed by atoms with van der Waals surface area (Å²) in [6.45, 7) is 4.06. The summed E-state index contributed by atoms with van der Waals surface area (Å²) in [5, 5.41) is 0. The smallest absolute Gasteiger partial charge is 0.148 e. The zero-order chi connectivity index (χ0) is 10.8. The Labute approximate surface area is 97.4 Å². The minimum atomic E-state index is 0.499. The van der Waals surface area contributed by atoms with Crippen LogP contribution >= 0.6 is 15.9 Å². The molecule has 0 spiro atoms. The molecule has 1 aromatic heterocycles. The summed E-state index contributed by atoms with van der Waals surface area (Å²) in [7, 11) is 2.13. The Morgan fingerprint density at radius 1 is 1.27 bits per heavy atom. The average molecular weight is 272 g/mol. The molecule has 0 saturated carbocycles. The summed E-state index contributed by atoms with van der Waals surface area (Å²) in [4.78, 5) is 12.7. The number of piperazine rings is 1. The van der Waals surface area contributed by atoms with Crippen molar-refractivity contribution >= 4 is 27.6 Å². The molecule has 1 aromatic rings. The van der Waals surface area contributed by atoms with Crippen LogP contribution in [0.15, 0.2) is 10.8 Å². The van der Waals surface area contributed by atoms with E-state index in [0.717, 1.165) is 36.5 Å². The first kappa shape index (κ1) is 10.6. The van der Waals surface area contributed by atoms with Crippen LogP contribution in [0.3, 0.4) is 0 Å². The number of halogens is 1. The molecular formula is C9H14BrN5. The zero-order valence-corrected chi connectivity index (χ0v) is 10.2. The number of rotatable bonds is 1. The van der Waals surface area contributed by atoms with Gasteiger partial charge in [0.2, 0.25) is 0 Å². The quantitative estimate of drug-likeness (QED) is 0.810. The van der Waals surface area contributed by atoms with Gasteiger partial charge in [-0.3, -0.25) is 0 Å². The first-order valence-electron chi connectivity index (χ1n) is 4.88. The molecule has 2 N–H and O–H groups in total. The molecule has 0 aliphatic carbocycles. The predicted octanol–water partition coefficient (Wildman–Crippen LogP) is 0.573. The van der Waals surface area contributed by atoms with Gasteiger partial charge in [-0.2, -0.15) is 0 Å². The van der Waals surface area contributed by atoms with Crippen LogP contribution in [0.4, 0.5) is 11.6 Å². The first-order chi connectivity index (χ1) is 7.18. The lowest BCUT2D eigenvalue weighted by Gasteiger charge is -2.33. The Kier molecular flexibility index (Phi) is 3.06. The minimum Gasteiger partial charge on any atom is -0.383 e. The van der Waals surface area contributed by atoms with Crippen LogP contribution in [0, 0.1) is 0 Å². The molecule has 2 rings (SSSR count). The van der Waals surface area contributed by atoms with Gasteiger partial charge < -0.3 is 15.5 Å². The molecule has 1 aliphatic heterocycles. The number of aromatic nitrogens is 2. The van der Waals surface area contributed by atoms with Crippen LogP contribution in [0.5, 0.6) is 0 Å². The molecule has 1 fully saturated rings. The van der Waals surface area contributed by atoms with Gasteiger partial charge in [0.15, 0.2) is 0 Å². The summed E-state index contributed by atoms with van der Waals surface area (Å²) in [6, 6.07) is 0. The van der Waals surface area contributed by atoms with Crippen LogP contribution in [0.2, 0.25) is 0 Å². The van der Waals surface area contributed by atoms with Gasteiger partial charge in [-0.05, 0) is 23.0 Å². The third-order valence-corrected chi connectivity index (χ3v) is 3.36. The second kappa shape index (κ2) is 4.32. The summed E-state index contributed by atoms with van der Waals surface area (Å²) in [5.74, 6) is 1.40. The number of anilines is 2. The van der Waals surface area contributed by atoms with E-state index in [-0.39, 0.29) is 0 Å². The van der Waals surface area contributed by atoms with E-state index >= 15 is 0 Å². The zero-order valence-electron chi connectivity index (χ0n) is 8.65. The molecule has 2 heterocycles. The predicted molar refractivity (Wildman–Crippen MR) is 63.9 cm³/mol. The molecule has 0 aromatic carbocycles. The highest BCUT2D eigenvalue weighted by molar-refractivity contribution is 9.10. The van der Waals surface area contributed by atoms with Crippen molar-refractivity contribution in [1.29, 1.82) is 0 Å². The maximum atomic E-state index is 5.72. The van der Waals surface area contributed by atoms with Crippen molar-refractivity contribution < 1.29 is 0 Å². The molecule has 0 bridgehead atoms. The Bertz CT molecular complexity index is 348. The Morgan fingerprint density at radius 2 is 1.93 bits per heavy atom. The molecular weight excluding hydrogens is 258 g/mol. The molecule has 0 amide bonds.